The topological polar surface area (TPSA) is 33.5 Å². The Hall–Kier alpha value is -0.640. The highest BCUT2D eigenvalue weighted by atomic mass is 35.5. The van der Waals surface area contributed by atoms with Gasteiger partial charge in [0, 0.05) is 18.3 Å². The van der Waals surface area contributed by atoms with E-state index in [4.69, 9.17) is 39.2 Å². The molecule has 0 spiro atoms. The van der Waals surface area contributed by atoms with Crippen molar-refractivity contribution in [3.63, 3.8) is 0 Å². The number of carbonyl (C=O) groups is 1. The van der Waals surface area contributed by atoms with Crippen LogP contribution in [0.2, 0.25) is 0 Å². The molecule has 1 aliphatic heterocycles. The molecule has 6 heteroatoms. The predicted octanol–water partition coefficient (Wildman–Crippen LogP) is 3.38. The van der Waals surface area contributed by atoms with Crippen LogP contribution in [0.1, 0.15) is 11.8 Å². The van der Waals surface area contributed by atoms with Crippen LogP contribution >= 0.6 is 34.8 Å². The van der Waals surface area contributed by atoms with E-state index in [1.165, 1.54) is 0 Å². The zero-order valence-electron chi connectivity index (χ0n) is 9.48. The molecule has 1 aromatic rings. The lowest BCUT2D eigenvalue weighted by molar-refractivity contribution is -0.129. The van der Waals surface area contributed by atoms with Gasteiger partial charge in [-0.2, -0.15) is 0 Å². The maximum atomic E-state index is 12.2. The third-order valence-electron chi connectivity index (χ3n) is 3.06. The predicted molar refractivity (Wildman–Crippen MR) is 72.0 cm³/mol. The molecule has 1 saturated heterocycles. The van der Waals surface area contributed by atoms with Gasteiger partial charge in [-0.05, 0) is 12.1 Å². The minimum atomic E-state index is -1.53. The Morgan fingerprint density at radius 2 is 2.28 bits per heavy atom. The second-order valence-electron chi connectivity index (χ2n) is 4.09. The van der Waals surface area contributed by atoms with Crippen LogP contribution < -0.4 is 0 Å². The first-order valence-electron chi connectivity index (χ1n) is 5.43. The molecule has 1 fully saturated rings. The first-order valence-corrected chi connectivity index (χ1v) is 6.72. The van der Waals surface area contributed by atoms with Crippen molar-refractivity contribution in [1.29, 1.82) is 0 Å². The fraction of sp³-hybridized carbons (Fsp3) is 0.417. The van der Waals surface area contributed by atoms with Crippen molar-refractivity contribution in [2.24, 2.45) is 5.92 Å². The molecule has 0 radical (unpaired) electrons. The molecule has 1 aliphatic rings. The lowest BCUT2D eigenvalue weighted by atomic mass is 9.99. The van der Waals surface area contributed by atoms with Crippen LogP contribution in [-0.2, 0) is 4.79 Å². The van der Waals surface area contributed by atoms with E-state index in [-0.39, 0.29) is 17.8 Å². The number of rotatable bonds is 4. The largest absolute Gasteiger partial charge is 0.467 e. The minimum absolute atomic E-state index is 0.164. The van der Waals surface area contributed by atoms with Crippen molar-refractivity contribution < 1.29 is 9.21 Å². The Labute approximate surface area is 120 Å². The molecule has 3 nitrogen and oxygen atoms in total. The molecular formula is C12H12Cl3NO2. The summed E-state index contributed by atoms with van der Waals surface area (Å²) < 4.78 is 3.84. The van der Waals surface area contributed by atoms with Crippen molar-refractivity contribution in [3.8, 4) is 0 Å². The minimum Gasteiger partial charge on any atom is -0.467 e. The Balaban J connectivity index is 2.44. The van der Waals surface area contributed by atoms with Gasteiger partial charge in [0.25, 0.3) is 5.91 Å². The summed E-state index contributed by atoms with van der Waals surface area (Å²) in [6, 6.07) is 3.17. The average molecular weight is 309 g/mol. The van der Waals surface area contributed by atoms with Crippen LogP contribution in [0.3, 0.4) is 0 Å². The Bertz CT molecular complexity index is 444. The summed E-state index contributed by atoms with van der Waals surface area (Å²) in [4.78, 5) is 13.7. The molecular weight excluding hydrogens is 296 g/mol. The monoisotopic (exact) mass is 307 g/mol. The molecule has 98 valence electrons. The first-order chi connectivity index (χ1) is 8.54. The van der Waals surface area contributed by atoms with Crippen molar-refractivity contribution in [1.82, 2.24) is 4.90 Å². The zero-order chi connectivity index (χ0) is 13.3. The average Bonchev–Trinajstić information content (AvgIpc) is 2.90. The number of alkyl halides is 3. The molecule has 1 aromatic heterocycles. The second-order valence-corrected chi connectivity index (χ2v) is 5.78. The van der Waals surface area contributed by atoms with E-state index in [1.54, 1.807) is 29.4 Å². The third-order valence-corrected chi connectivity index (χ3v) is 4.27. The summed E-state index contributed by atoms with van der Waals surface area (Å²) in [5.74, 6) is -0.00417. The Morgan fingerprint density at radius 3 is 2.78 bits per heavy atom. The van der Waals surface area contributed by atoms with Crippen LogP contribution in [-0.4, -0.2) is 27.6 Å². The molecule has 0 bridgehead atoms. The molecule has 0 N–H and O–H groups in total. The maximum Gasteiger partial charge on any atom is 0.260 e. The van der Waals surface area contributed by atoms with Gasteiger partial charge in [-0.25, -0.2) is 0 Å². The molecule has 0 aromatic carbocycles. The lowest BCUT2D eigenvalue weighted by Crippen LogP contribution is -2.33. The van der Waals surface area contributed by atoms with Crippen molar-refractivity contribution in [3.05, 3.63) is 36.8 Å². The van der Waals surface area contributed by atoms with Crippen LogP contribution in [0.5, 0.6) is 0 Å². The number of hydrogen-bond donors (Lipinski definition) is 0. The molecule has 0 unspecified atom stereocenters. The molecule has 18 heavy (non-hydrogen) atoms. The van der Waals surface area contributed by atoms with Gasteiger partial charge >= 0.3 is 0 Å². The molecule has 2 rings (SSSR count). The van der Waals surface area contributed by atoms with Gasteiger partial charge in [0.15, 0.2) is 0 Å². The quantitative estimate of drug-likeness (QED) is 0.631. The highest BCUT2D eigenvalue weighted by Crippen LogP contribution is 2.50. The number of amides is 1. The van der Waals surface area contributed by atoms with Crippen molar-refractivity contribution in [2.45, 2.75) is 10.4 Å². The normalized spacial score (nSPS) is 26.6. The second kappa shape index (κ2) is 5.16. The number of furan rings is 1. The summed E-state index contributed by atoms with van der Waals surface area (Å²) in [5, 5.41) is 0. The summed E-state index contributed by atoms with van der Waals surface area (Å²) >= 11 is 18.2. The van der Waals surface area contributed by atoms with Crippen LogP contribution in [0.25, 0.3) is 0 Å². The highest BCUT2D eigenvalue weighted by molar-refractivity contribution is 6.59. The highest BCUT2D eigenvalue weighted by Gasteiger charge is 2.58. The van der Waals surface area contributed by atoms with E-state index < -0.39 is 10.3 Å². The Kier molecular flexibility index (Phi) is 3.95. The molecule has 0 saturated carbocycles. The summed E-state index contributed by atoms with van der Waals surface area (Å²) in [6.07, 6.45) is 3.16. The van der Waals surface area contributed by atoms with Gasteiger partial charge in [0.2, 0.25) is 4.33 Å². The molecule has 2 atom stereocenters. The SMILES string of the molecule is C=CCN1C(=O)C(Cl)(Cl)[C@H](CCl)[C@H]1c1ccco1. The maximum absolute atomic E-state index is 12.2. The first kappa shape index (κ1) is 13.8. The van der Waals surface area contributed by atoms with Gasteiger partial charge in [-0.1, -0.05) is 29.3 Å². The van der Waals surface area contributed by atoms with Gasteiger partial charge < -0.3 is 9.32 Å². The summed E-state index contributed by atoms with van der Waals surface area (Å²) in [7, 11) is 0. The number of halogens is 3. The van der Waals surface area contributed by atoms with Gasteiger partial charge in [0.05, 0.1) is 12.3 Å². The smallest absolute Gasteiger partial charge is 0.260 e. The van der Waals surface area contributed by atoms with E-state index in [9.17, 15) is 4.79 Å². The fourth-order valence-corrected chi connectivity index (χ4v) is 3.39. The third kappa shape index (κ3) is 2.04. The van der Waals surface area contributed by atoms with Crippen LogP contribution in [0, 0.1) is 5.92 Å². The van der Waals surface area contributed by atoms with E-state index in [2.05, 4.69) is 6.58 Å². The number of nitrogens with zero attached hydrogens (tertiary/aromatic N) is 1. The lowest BCUT2D eigenvalue weighted by Gasteiger charge is -2.24. The van der Waals surface area contributed by atoms with Crippen molar-refractivity contribution >= 4 is 40.7 Å². The summed E-state index contributed by atoms with van der Waals surface area (Å²) in [5.41, 5.74) is 0. The van der Waals surface area contributed by atoms with Gasteiger partial charge in [0.1, 0.15) is 5.76 Å². The van der Waals surface area contributed by atoms with E-state index in [0.717, 1.165) is 0 Å². The summed E-state index contributed by atoms with van der Waals surface area (Å²) in [6.45, 7) is 3.98. The molecule has 1 amide bonds. The van der Waals surface area contributed by atoms with E-state index >= 15 is 0 Å². The Morgan fingerprint density at radius 1 is 1.56 bits per heavy atom. The fourth-order valence-electron chi connectivity index (χ4n) is 2.22. The van der Waals surface area contributed by atoms with Gasteiger partial charge in [-0.15, -0.1) is 18.2 Å². The van der Waals surface area contributed by atoms with E-state index in [0.29, 0.717) is 12.3 Å². The van der Waals surface area contributed by atoms with Crippen molar-refractivity contribution in [2.75, 3.05) is 12.4 Å². The zero-order valence-corrected chi connectivity index (χ0v) is 11.8. The molecule has 0 aliphatic carbocycles. The van der Waals surface area contributed by atoms with Gasteiger partial charge in [-0.3, -0.25) is 4.79 Å². The van der Waals surface area contributed by atoms with E-state index in [1.807, 2.05) is 0 Å². The standard InChI is InChI=1S/C12H12Cl3NO2/c1-2-5-16-10(9-4-3-6-18-9)8(7-13)12(14,15)11(16)17/h2-4,6,8,10H,1,5,7H2/t8-,10+/m1/s1. The number of likely N-dealkylation sites (tertiary alicyclic amines) is 1. The number of hydrogen-bond acceptors (Lipinski definition) is 2. The molecule has 2 heterocycles. The van der Waals surface area contributed by atoms with Crippen LogP contribution in [0.4, 0.5) is 0 Å². The number of carbonyl (C=O) groups excluding carboxylic acids is 1. The van der Waals surface area contributed by atoms with Crippen LogP contribution in [0.15, 0.2) is 35.5 Å².